The van der Waals surface area contributed by atoms with Gasteiger partial charge >= 0.3 is 0 Å². The van der Waals surface area contributed by atoms with E-state index >= 15 is 0 Å². The van der Waals surface area contributed by atoms with E-state index in [9.17, 15) is 9.90 Å². The van der Waals surface area contributed by atoms with Crippen molar-refractivity contribution in [2.24, 2.45) is 0 Å². The lowest BCUT2D eigenvalue weighted by atomic mass is 10.0. The van der Waals surface area contributed by atoms with Crippen molar-refractivity contribution in [3.05, 3.63) is 42.0 Å². The van der Waals surface area contributed by atoms with E-state index in [2.05, 4.69) is 10.6 Å². The number of aromatic hydroxyl groups is 1. The average molecular weight is 258 g/mol. The van der Waals surface area contributed by atoms with Gasteiger partial charge in [0.25, 0.3) is 0 Å². The van der Waals surface area contributed by atoms with Crippen LogP contribution >= 0.6 is 0 Å². The largest absolute Gasteiger partial charge is 0.507 e. The van der Waals surface area contributed by atoms with Gasteiger partial charge in [-0.25, -0.2) is 0 Å². The number of benzene rings is 2. The third-order valence-electron chi connectivity index (χ3n) is 3.25. The van der Waals surface area contributed by atoms with Crippen molar-refractivity contribution < 1.29 is 9.90 Å². The number of carbonyl (C=O) groups is 1. The maximum Gasteiger partial charge on any atom is 0.233 e. The van der Waals surface area contributed by atoms with Crippen LogP contribution in [0.5, 0.6) is 5.75 Å². The number of rotatable bonds is 4. The summed E-state index contributed by atoms with van der Waals surface area (Å²) in [6.45, 7) is 2.15. The van der Waals surface area contributed by atoms with E-state index in [1.807, 2.05) is 43.3 Å². The minimum absolute atomic E-state index is 0.0767. The number of nitrogens with one attached hydrogen (secondary N) is 2. The van der Waals surface area contributed by atoms with E-state index in [1.165, 1.54) is 0 Å². The Bertz CT molecular complexity index is 596. The van der Waals surface area contributed by atoms with Crippen LogP contribution in [-0.4, -0.2) is 24.6 Å². The Balaban J connectivity index is 2.25. The predicted molar refractivity (Wildman–Crippen MR) is 76.1 cm³/mol. The maximum atomic E-state index is 11.2. The van der Waals surface area contributed by atoms with Crippen molar-refractivity contribution in [2.75, 3.05) is 13.6 Å². The van der Waals surface area contributed by atoms with Crippen LogP contribution in [0.15, 0.2) is 36.4 Å². The summed E-state index contributed by atoms with van der Waals surface area (Å²) in [5.74, 6) is 0.196. The Morgan fingerprint density at radius 1 is 1.26 bits per heavy atom. The normalized spacial score (nSPS) is 12.3. The minimum atomic E-state index is -0.0955. The second kappa shape index (κ2) is 5.71. The monoisotopic (exact) mass is 258 g/mol. The van der Waals surface area contributed by atoms with Gasteiger partial charge in [0.1, 0.15) is 5.75 Å². The molecule has 2 rings (SSSR count). The molecular weight excluding hydrogens is 240 g/mol. The van der Waals surface area contributed by atoms with Crippen molar-refractivity contribution in [2.45, 2.75) is 13.0 Å². The molecule has 0 radical (unpaired) electrons. The molecule has 0 aliphatic rings. The molecule has 19 heavy (non-hydrogen) atoms. The number of phenols is 1. The highest BCUT2D eigenvalue weighted by molar-refractivity contribution is 5.89. The molecule has 2 aromatic carbocycles. The molecule has 0 aromatic heterocycles. The Kier molecular flexibility index (Phi) is 4.02. The van der Waals surface area contributed by atoms with Gasteiger partial charge in [0.05, 0.1) is 6.54 Å². The topological polar surface area (TPSA) is 61.4 Å². The van der Waals surface area contributed by atoms with E-state index < -0.39 is 0 Å². The van der Waals surface area contributed by atoms with Gasteiger partial charge in [-0.1, -0.05) is 36.4 Å². The number of phenolic OH excluding ortho intramolecular Hbond substituents is 1. The lowest BCUT2D eigenvalue weighted by molar-refractivity contribution is -0.119. The molecule has 4 nitrogen and oxygen atoms in total. The third-order valence-corrected chi connectivity index (χ3v) is 3.25. The molecule has 0 heterocycles. The molecule has 0 saturated heterocycles. The molecule has 2 aromatic rings. The van der Waals surface area contributed by atoms with Crippen LogP contribution in [0.25, 0.3) is 10.8 Å². The SMILES string of the molecule is CNC(=O)CNC(C)c1ccc2ccccc2c1O. The molecule has 100 valence electrons. The third kappa shape index (κ3) is 2.85. The van der Waals surface area contributed by atoms with E-state index in [-0.39, 0.29) is 24.2 Å². The number of hydrogen-bond donors (Lipinski definition) is 3. The standard InChI is InChI=1S/C15H18N2O2/c1-10(17-9-14(18)16-2)12-8-7-11-5-3-4-6-13(11)15(12)19/h3-8,10,17,19H,9H2,1-2H3,(H,16,18). The van der Waals surface area contributed by atoms with Gasteiger partial charge in [0, 0.05) is 24.0 Å². The van der Waals surface area contributed by atoms with Crippen LogP contribution in [0, 0.1) is 0 Å². The Labute approximate surface area is 112 Å². The number of hydrogen-bond acceptors (Lipinski definition) is 3. The van der Waals surface area contributed by atoms with E-state index in [0.717, 1.165) is 16.3 Å². The summed E-state index contributed by atoms with van der Waals surface area (Å²) in [6, 6.07) is 11.5. The summed E-state index contributed by atoms with van der Waals surface area (Å²) in [5.41, 5.74) is 0.794. The predicted octanol–water partition coefficient (Wildman–Crippen LogP) is 1.94. The first kappa shape index (κ1) is 13.4. The average Bonchev–Trinajstić information content (AvgIpc) is 2.45. The summed E-state index contributed by atoms with van der Waals surface area (Å²) >= 11 is 0. The highest BCUT2D eigenvalue weighted by Gasteiger charge is 2.13. The molecule has 0 aliphatic carbocycles. The molecule has 1 unspecified atom stereocenters. The fourth-order valence-corrected chi connectivity index (χ4v) is 2.07. The summed E-state index contributed by atoms with van der Waals surface area (Å²) in [4.78, 5) is 11.2. The molecule has 0 fully saturated rings. The van der Waals surface area contributed by atoms with Crippen molar-refractivity contribution in [1.29, 1.82) is 0 Å². The Hall–Kier alpha value is -2.07. The fraction of sp³-hybridized carbons (Fsp3) is 0.267. The fourth-order valence-electron chi connectivity index (χ4n) is 2.07. The lowest BCUT2D eigenvalue weighted by Crippen LogP contribution is -2.32. The molecule has 1 atom stereocenters. The first-order chi connectivity index (χ1) is 9.13. The van der Waals surface area contributed by atoms with Crippen LogP contribution < -0.4 is 10.6 Å². The molecule has 0 saturated carbocycles. The zero-order chi connectivity index (χ0) is 13.8. The van der Waals surface area contributed by atoms with E-state index in [0.29, 0.717) is 0 Å². The quantitative estimate of drug-likeness (QED) is 0.785. The van der Waals surface area contributed by atoms with Gasteiger partial charge in [-0.2, -0.15) is 0 Å². The zero-order valence-electron chi connectivity index (χ0n) is 11.1. The van der Waals surface area contributed by atoms with Gasteiger partial charge in [0.2, 0.25) is 5.91 Å². The second-order valence-electron chi connectivity index (χ2n) is 4.50. The van der Waals surface area contributed by atoms with E-state index in [1.54, 1.807) is 7.05 Å². The summed E-state index contributed by atoms with van der Waals surface area (Å²) in [6.07, 6.45) is 0. The summed E-state index contributed by atoms with van der Waals surface area (Å²) in [5, 5.41) is 17.8. The Morgan fingerprint density at radius 3 is 2.74 bits per heavy atom. The molecule has 0 spiro atoms. The summed E-state index contributed by atoms with van der Waals surface area (Å²) in [7, 11) is 1.60. The van der Waals surface area contributed by atoms with Crippen molar-refractivity contribution in [3.63, 3.8) is 0 Å². The van der Waals surface area contributed by atoms with Crippen LogP contribution in [0.4, 0.5) is 0 Å². The van der Waals surface area contributed by atoms with Crippen LogP contribution in [0.1, 0.15) is 18.5 Å². The molecule has 1 amide bonds. The van der Waals surface area contributed by atoms with Crippen LogP contribution in [-0.2, 0) is 4.79 Å². The highest BCUT2D eigenvalue weighted by atomic mass is 16.3. The number of likely N-dealkylation sites (N-methyl/N-ethyl adjacent to an activating group) is 1. The van der Waals surface area contributed by atoms with Gasteiger partial charge in [0.15, 0.2) is 0 Å². The maximum absolute atomic E-state index is 11.2. The zero-order valence-corrected chi connectivity index (χ0v) is 11.1. The van der Waals surface area contributed by atoms with Gasteiger partial charge in [-0.15, -0.1) is 0 Å². The molecular formula is C15H18N2O2. The van der Waals surface area contributed by atoms with Gasteiger partial charge in [-0.3, -0.25) is 4.79 Å². The van der Waals surface area contributed by atoms with Gasteiger partial charge in [-0.05, 0) is 12.3 Å². The number of fused-ring (bicyclic) bond motifs is 1. The number of carbonyl (C=O) groups excluding carboxylic acids is 1. The van der Waals surface area contributed by atoms with Crippen LogP contribution in [0.3, 0.4) is 0 Å². The van der Waals surface area contributed by atoms with Crippen LogP contribution in [0.2, 0.25) is 0 Å². The number of amides is 1. The minimum Gasteiger partial charge on any atom is -0.507 e. The Morgan fingerprint density at radius 2 is 2.00 bits per heavy atom. The van der Waals surface area contributed by atoms with E-state index in [4.69, 9.17) is 0 Å². The molecule has 4 heteroatoms. The molecule has 0 bridgehead atoms. The summed E-state index contributed by atoms with van der Waals surface area (Å²) < 4.78 is 0. The van der Waals surface area contributed by atoms with Crippen molar-refractivity contribution >= 4 is 16.7 Å². The first-order valence-electron chi connectivity index (χ1n) is 6.28. The highest BCUT2D eigenvalue weighted by Crippen LogP contribution is 2.32. The molecule has 3 N–H and O–H groups in total. The van der Waals surface area contributed by atoms with Gasteiger partial charge < -0.3 is 15.7 Å². The smallest absolute Gasteiger partial charge is 0.233 e. The van der Waals surface area contributed by atoms with Crippen molar-refractivity contribution in [3.8, 4) is 5.75 Å². The molecule has 0 aliphatic heterocycles. The second-order valence-corrected chi connectivity index (χ2v) is 4.50. The lowest BCUT2D eigenvalue weighted by Gasteiger charge is -2.16. The van der Waals surface area contributed by atoms with Crippen molar-refractivity contribution in [1.82, 2.24) is 10.6 Å². The first-order valence-corrected chi connectivity index (χ1v) is 6.28.